The molecule has 0 saturated heterocycles. The van der Waals surface area contributed by atoms with Gasteiger partial charge in [-0.2, -0.15) is 0 Å². The molecule has 2 aromatic rings. The van der Waals surface area contributed by atoms with E-state index in [0.29, 0.717) is 21.5 Å². The lowest BCUT2D eigenvalue weighted by molar-refractivity contribution is 0.482. The first-order valence-corrected chi connectivity index (χ1v) is 7.20. The largest absolute Gasteiger partial charge is 0.454 e. The normalized spacial score (nSPS) is 12.3. The SMILES string of the molecule is CC(N)c1ccc(Oc2cc(Br)ccc2Cl)c(Cl)c1. The molecule has 2 nitrogen and oxygen atoms in total. The minimum absolute atomic E-state index is 0.0685. The van der Waals surface area contributed by atoms with E-state index in [-0.39, 0.29) is 6.04 Å². The van der Waals surface area contributed by atoms with Crippen LogP contribution in [0.1, 0.15) is 18.5 Å². The van der Waals surface area contributed by atoms with Crippen LogP contribution in [0.25, 0.3) is 0 Å². The molecule has 0 aromatic heterocycles. The Labute approximate surface area is 130 Å². The van der Waals surface area contributed by atoms with Crippen molar-refractivity contribution in [1.29, 1.82) is 0 Å². The first kappa shape index (κ1) is 14.7. The third-order valence-corrected chi connectivity index (χ3v) is 3.70. The molecule has 0 aliphatic heterocycles. The second kappa shape index (κ2) is 6.14. The van der Waals surface area contributed by atoms with Gasteiger partial charge in [-0.05, 0) is 42.8 Å². The molecule has 1 atom stereocenters. The molecule has 2 aromatic carbocycles. The van der Waals surface area contributed by atoms with Crippen molar-refractivity contribution in [2.75, 3.05) is 0 Å². The lowest BCUT2D eigenvalue weighted by atomic mass is 10.1. The van der Waals surface area contributed by atoms with Gasteiger partial charge in [0.25, 0.3) is 0 Å². The van der Waals surface area contributed by atoms with Gasteiger partial charge in [0.15, 0.2) is 0 Å². The summed E-state index contributed by atoms with van der Waals surface area (Å²) in [6, 6.07) is 10.8. The highest BCUT2D eigenvalue weighted by atomic mass is 79.9. The van der Waals surface area contributed by atoms with Crippen LogP contribution in [-0.2, 0) is 0 Å². The average Bonchev–Trinajstić information content (AvgIpc) is 2.36. The molecule has 1 unspecified atom stereocenters. The minimum atomic E-state index is -0.0685. The zero-order valence-corrected chi connectivity index (χ0v) is 13.3. The predicted molar refractivity (Wildman–Crippen MR) is 83.3 cm³/mol. The van der Waals surface area contributed by atoms with Crippen LogP contribution in [-0.4, -0.2) is 0 Å². The summed E-state index contributed by atoms with van der Waals surface area (Å²) in [6.45, 7) is 1.90. The zero-order chi connectivity index (χ0) is 14.0. The van der Waals surface area contributed by atoms with Crippen LogP contribution in [0.2, 0.25) is 10.0 Å². The number of rotatable bonds is 3. The molecule has 0 spiro atoms. The quantitative estimate of drug-likeness (QED) is 0.776. The van der Waals surface area contributed by atoms with Crippen molar-refractivity contribution in [3.63, 3.8) is 0 Å². The maximum atomic E-state index is 6.18. The summed E-state index contributed by atoms with van der Waals surface area (Å²) in [5, 5.41) is 1.03. The first-order valence-electron chi connectivity index (χ1n) is 5.65. The fraction of sp³-hybridized carbons (Fsp3) is 0.143. The highest BCUT2D eigenvalue weighted by Crippen LogP contribution is 2.36. The van der Waals surface area contributed by atoms with Gasteiger partial charge in [-0.1, -0.05) is 45.2 Å². The van der Waals surface area contributed by atoms with Gasteiger partial charge in [0.2, 0.25) is 0 Å². The molecular formula is C14H12BrCl2NO. The van der Waals surface area contributed by atoms with Crippen LogP contribution in [0.3, 0.4) is 0 Å². The van der Waals surface area contributed by atoms with Gasteiger partial charge >= 0.3 is 0 Å². The van der Waals surface area contributed by atoms with Crippen LogP contribution < -0.4 is 10.5 Å². The van der Waals surface area contributed by atoms with E-state index >= 15 is 0 Å². The summed E-state index contributed by atoms with van der Waals surface area (Å²) in [5.41, 5.74) is 6.76. The van der Waals surface area contributed by atoms with Gasteiger partial charge in [-0.25, -0.2) is 0 Å². The van der Waals surface area contributed by atoms with Crippen LogP contribution in [0.15, 0.2) is 40.9 Å². The van der Waals surface area contributed by atoms with E-state index in [0.717, 1.165) is 10.0 Å². The van der Waals surface area contributed by atoms with E-state index in [1.165, 1.54) is 0 Å². The molecule has 0 radical (unpaired) electrons. The van der Waals surface area contributed by atoms with Crippen molar-refractivity contribution in [2.45, 2.75) is 13.0 Å². The van der Waals surface area contributed by atoms with Gasteiger partial charge in [0, 0.05) is 10.5 Å². The smallest absolute Gasteiger partial charge is 0.147 e. The number of ether oxygens (including phenoxy) is 1. The molecule has 2 N–H and O–H groups in total. The summed E-state index contributed by atoms with van der Waals surface area (Å²) >= 11 is 15.6. The molecule has 0 aliphatic carbocycles. The summed E-state index contributed by atoms with van der Waals surface area (Å²) in [4.78, 5) is 0. The van der Waals surface area contributed by atoms with Gasteiger partial charge in [0.1, 0.15) is 11.5 Å². The van der Waals surface area contributed by atoms with Crippen molar-refractivity contribution < 1.29 is 4.74 Å². The van der Waals surface area contributed by atoms with E-state index < -0.39 is 0 Å². The van der Waals surface area contributed by atoms with Gasteiger partial charge < -0.3 is 10.5 Å². The minimum Gasteiger partial charge on any atom is -0.454 e. The Balaban J connectivity index is 2.31. The van der Waals surface area contributed by atoms with Crippen molar-refractivity contribution in [3.8, 4) is 11.5 Å². The fourth-order valence-corrected chi connectivity index (χ4v) is 2.28. The Kier molecular flexibility index (Phi) is 4.74. The van der Waals surface area contributed by atoms with Crippen molar-refractivity contribution in [3.05, 3.63) is 56.5 Å². The van der Waals surface area contributed by atoms with E-state index in [4.69, 9.17) is 33.7 Å². The zero-order valence-electron chi connectivity index (χ0n) is 10.2. The predicted octanol–water partition coefficient (Wildman–Crippen LogP) is 5.57. The number of hydrogen-bond donors (Lipinski definition) is 1. The molecule has 5 heteroatoms. The highest BCUT2D eigenvalue weighted by Gasteiger charge is 2.09. The summed E-state index contributed by atoms with van der Waals surface area (Å²) < 4.78 is 6.61. The van der Waals surface area contributed by atoms with Crippen LogP contribution >= 0.6 is 39.1 Å². The van der Waals surface area contributed by atoms with Crippen molar-refractivity contribution in [1.82, 2.24) is 0 Å². The third kappa shape index (κ3) is 3.63. The lowest BCUT2D eigenvalue weighted by Crippen LogP contribution is -2.04. The van der Waals surface area contributed by atoms with E-state index in [9.17, 15) is 0 Å². The second-order valence-electron chi connectivity index (χ2n) is 4.16. The second-order valence-corrected chi connectivity index (χ2v) is 5.89. The van der Waals surface area contributed by atoms with Gasteiger partial charge in [-0.3, -0.25) is 0 Å². The molecule has 100 valence electrons. The standard InChI is InChI=1S/C14H12BrCl2NO/c1-8(18)9-2-5-13(12(17)6-9)19-14-7-10(15)3-4-11(14)16/h2-8H,18H2,1H3. The van der Waals surface area contributed by atoms with Crippen LogP contribution in [0.4, 0.5) is 0 Å². The summed E-state index contributed by atoms with van der Waals surface area (Å²) in [7, 11) is 0. The van der Waals surface area contributed by atoms with Gasteiger partial charge in [-0.15, -0.1) is 0 Å². The van der Waals surface area contributed by atoms with E-state index in [2.05, 4.69) is 15.9 Å². The maximum Gasteiger partial charge on any atom is 0.147 e. The number of benzene rings is 2. The molecule has 0 amide bonds. The van der Waals surface area contributed by atoms with Crippen molar-refractivity contribution in [2.24, 2.45) is 5.73 Å². The van der Waals surface area contributed by atoms with Crippen LogP contribution in [0, 0.1) is 0 Å². The highest BCUT2D eigenvalue weighted by molar-refractivity contribution is 9.10. The Hall–Kier alpha value is -0.740. The molecule has 0 aliphatic rings. The molecule has 0 bridgehead atoms. The monoisotopic (exact) mass is 359 g/mol. The van der Waals surface area contributed by atoms with Crippen LogP contribution in [0.5, 0.6) is 11.5 Å². The first-order chi connectivity index (χ1) is 8.97. The molecule has 0 fully saturated rings. The molecule has 0 heterocycles. The molecule has 19 heavy (non-hydrogen) atoms. The van der Waals surface area contributed by atoms with E-state index in [1.54, 1.807) is 24.3 Å². The lowest BCUT2D eigenvalue weighted by Gasteiger charge is -2.12. The number of hydrogen-bond acceptors (Lipinski definition) is 2. The van der Waals surface area contributed by atoms with Crippen molar-refractivity contribution >= 4 is 39.1 Å². The summed E-state index contributed by atoms with van der Waals surface area (Å²) in [6.07, 6.45) is 0. The third-order valence-electron chi connectivity index (χ3n) is 2.59. The maximum absolute atomic E-state index is 6.18. The average molecular weight is 361 g/mol. The number of halogens is 3. The Morgan fingerprint density at radius 3 is 2.42 bits per heavy atom. The van der Waals surface area contributed by atoms with E-state index in [1.807, 2.05) is 19.1 Å². The Bertz CT molecular complexity index is 602. The molecular weight excluding hydrogens is 349 g/mol. The Morgan fingerprint density at radius 1 is 1.05 bits per heavy atom. The Morgan fingerprint density at radius 2 is 1.79 bits per heavy atom. The summed E-state index contributed by atoms with van der Waals surface area (Å²) in [5.74, 6) is 1.09. The van der Waals surface area contributed by atoms with Gasteiger partial charge in [0.05, 0.1) is 10.0 Å². The fourth-order valence-electron chi connectivity index (χ4n) is 1.56. The topological polar surface area (TPSA) is 35.2 Å². The number of nitrogens with two attached hydrogens (primary N) is 1. The molecule has 2 rings (SSSR count). The molecule has 0 saturated carbocycles.